The number of benzene rings is 2. The summed E-state index contributed by atoms with van der Waals surface area (Å²) in [5.74, 6) is -0.369. The fraction of sp³-hybridized carbons (Fsp3) is 0.0556. The average Bonchev–Trinajstić information content (AvgIpc) is 2.92. The standard InChI is InChI=1S/C18H14ClN5O/c19-13-9-21-18(22-11-5-3-4-10(20)8-11)24-16(13)15-12-6-1-2-7-14(12)23-17(15)25/h1-9,15H,20H2,(H,23,25)(H,21,22,24). The van der Waals surface area contributed by atoms with Crippen LogP contribution in [0.25, 0.3) is 0 Å². The molecule has 7 heteroatoms. The van der Waals surface area contributed by atoms with Gasteiger partial charge in [0.1, 0.15) is 5.92 Å². The van der Waals surface area contributed by atoms with Gasteiger partial charge < -0.3 is 16.4 Å². The van der Waals surface area contributed by atoms with Crippen LogP contribution < -0.4 is 16.4 Å². The van der Waals surface area contributed by atoms with E-state index >= 15 is 0 Å². The molecule has 124 valence electrons. The quantitative estimate of drug-likeness (QED) is 0.627. The number of hydrogen-bond acceptors (Lipinski definition) is 5. The molecule has 1 aliphatic heterocycles. The van der Waals surface area contributed by atoms with Crippen molar-refractivity contribution in [3.8, 4) is 0 Å². The Morgan fingerprint density at radius 2 is 2.00 bits per heavy atom. The molecule has 1 unspecified atom stereocenters. The fourth-order valence-electron chi connectivity index (χ4n) is 2.87. The van der Waals surface area contributed by atoms with Gasteiger partial charge in [0.05, 0.1) is 16.9 Å². The first-order chi connectivity index (χ1) is 12.1. The normalized spacial score (nSPS) is 15.6. The molecule has 1 aromatic heterocycles. The highest BCUT2D eigenvalue weighted by molar-refractivity contribution is 6.31. The molecule has 25 heavy (non-hydrogen) atoms. The SMILES string of the molecule is Nc1cccc(Nc2ncc(Cl)c(C3C(=O)Nc4ccccc43)n2)c1. The van der Waals surface area contributed by atoms with Gasteiger partial charge in [0.2, 0.25) is 11.9 Å². The summed E-state index contributed by atoms with van der Waals surface area (Å²) in [5, 5.41) is 6.28. The largest absolute Gasteiger partial charge is 0.399 e. The van der Waals surface area contributed by atoms with Crippen LogP contribution in [0.4, 0.5) is 23.0 Å². The highest BCUT2D eigenvalue weighted by Crippen LogP contribution is 2.38. The summed E-state index contributed by atoms with van der Waals surface area (Å²) in [7, 11) is 0. The van der Waals surface area contributed by atoms with Gasteiger partial charge in [0.15, 0.2) is 0 Å². The summed E-state index contributed by atoms with van der Waals surface area (Å²) in [6.45, 7) is 0. The van der Waals surface area contributed by atoms with Crippen LogP contribution in [0.15, 0.2) is 54.7 Å². The number of carbonyl (C=O) groups excluding carboxylic acids is 1. The summed E-state index contributed by atoms with van der Waals surface area (Å²) < 4.78 is 0. The van der Waals surface area contributed by atoms with Crippen LogP contribution in [0.2, 0.25) is 5.02 Å². The van der Waals surface area contributed by atoms with E-state index in [4.69, 9.17) is 17.3 Å². The van der Waals surface area contributed by atoms with Crippen molar-refractivity contribution in [2.24, 2.45) is 0 Å². The van der Waals surface area contributed by atoms with Gasteiger partial charge in [0, 0.05) is 17.1 Å². The number of rotatable bonds is 3. The lowest BCUT2D eigenvalue weighted by Crippen LogP contribution is -2.16. The fourth-order valence-corrected chi connectivity index (χ4v) is 3.07. The first-order valence-electron chi connectivity index (χ1n) is 7.66. The molecule has 0 spiro atoms. The van der Waals surface area contributed by atoms with Crippen LogP contribution >= 0.6 is 11.6 Å². The molecule has 6 nitrogen and oxygen atoms in total. The summed E-state index contributed by atoms with van der Waals surface area (Å²) in [4.78, 5) is 21.1. The van der Waals surface area contributed by atoms with Crippen molar-refractivity contribution in [3.05, 3.63) is 71.0 Å². The minimum absolute atomic E-state index is 0.156. The van der Waals surface area contributed by atoms with Crippen LogP contribution in [0.1, 0.15) is 17.2 Å². The van der Waals surface area contributed by atoms with Gasteiger partial charge in [-0.1, -0.05) is 35.9 Å². The predicted molar refractivity (Wildman–Crippen MR) is 98.1 cm³/mol. The van der Waals surface area contributed by atoms with Gasteiger partial charge >= 0.3 is 0 Å². The molecule has 0 aliphatic carbocycles. The maximum absolute atomic E-state index is 12.4. The highest BCUT2D eigenvalue weighted by atomic mass is 35.5. The number of fused-ring (bicyclic) bond motifs is 1. The zero-order valence-corrected chi connectivity index (χ0v) is 13.8. The third-order valence-electron chi connectivity index (χ3n) is 3.98. The number of nitrogen functional groups attached to an aromatic ring is 1. The van der Waals surface area contributed by atoms with Crippen LogP contribution in [-0.4, -0.2) is 15.9 Å². The lowest BCUT2D eigenvalue weighted by atomic mass is 9.97. The van der Waals surface area contributed by atoms with Crippen molar-refractivity contribution >= 4 is 40.5 Å². The molecule has 0 saturated heterocycles. The number of nitrogens with one attached hydrogen (secondary N) is 2. The smallest absolute Gasteiger partial charge is 0.238 e. The Hall–Kier alpha value is -3.12. The molecule has 2 aromatic carbocycles. The van der Waals surface area contributed by atoms with Gasteiger partial charge in [0.25, 0.3) is 0 Å². The predicted octanol–water partition coefficient (Wildman–Crippen LogP) is 3.54. The molecule has 1 aliphatic rings. The third-order valence-corrected chi connectivity index (χ3v) is 4.27. The molecule has 0 saturated carbocycles. The van der Waals surface area contributed by atoms with E-state index in [1.165, 1.54) is 6.20 Å². The zero-order valence-electron chi connectivity index (χ0n) is 13.0. The van der Waals surface area contributed by atoms with Gasteiger partial charge in [-0.15, -0.1) is 0 Å². The van der Waals surface area contributed by atoms with Crippen LogP contribution in [0.3, 0.4) is 0 Å². The third kappa shape index (κ3) is 2.88. The van der Waals surface area contributed by atoms with Crippen molar-refractivity contribution in [3.63, 3.8) is 0 Å². The Morgan fingerprint density at radius 1 is 1.16 bits per heavy atom. The Labute approximate surface area is 149 Å². The van der Waals surface area contributed by atoms with Gasteiger partial charge in [-0.25, -0.2) is 9.97 Å². The summed E-state index contributed by atoms with van der Waals surface area (Å²) in [6.07, 6.45) is 1.49. The number of anilines is 4. The van der Waals surface area contributed by atoms with Crippen LogP contribution in [0, 0.1) is 0 Å². The number of halogens is 1. The minimum atomic E-state index is -0.562. The van der Waals surface area contributed by atoms with E-state index in [1.807, 2.05) is 36.4 Å². The Bertz CT molecular complexity index is 975. The van der Waals surface area contributed by atoms with Crippen molar-refractivity contribution in [1.29, 1.82) is 0 Å². The van der Waals surface area contributed by atoms with Gasteiger partial charge in [-0.3, -0.25) is 4.79 Å². The lowest BCUT2D eigenvalue weighted by molar-refractivity contribution is -0.116. The van der Waals surface area contributed by atoms with Gasteiger partial charge in [-0.2, -0.15) is 0 Å². The van der Waals surface area contributed by atoms with E-state index in [1.54, 1.807) is 12.1 Å². The monoisotopic (exact) mass is 351 g/mol. The molecule has 4 rings (SSSR count). The number of amides is 1. The molecular weight excluding hydrogens is 338 g/mol. The molecule has 0 radical (unpaired) electrons. The van der Waals surface area contributed by atoms with Crippen molar-refractivity contribution in [2.45, 2.75) is 5.92 Å². The number of nitrogens with zero attached hydrogens (tertiary/aromatic N) is 2. The summed E-state index contributed by atoms with van der Waals surface area (Å²) in [6, 6.07) is 14.7. The van der Waals surface area contributed by atoms with E-state index in [0.29, 0.717) is 22.4 Å². The number of hydrogen-bond donors (Lipinski definition) is 3. The maximum Gasteiger partial charge on any atom is 0.238 e. The average molecular weight is 352 g/mol. The zero-order chi connectivity index (χ0) is 17.4. The highest BCUT2D eigenvalue weighted by Gasteiger charge is 2.34. The van der Waals surface area contributed by atoms with Gasteiger partial charge in [-0.05, 0) is 29.8 Å². The Balaban J connectivity index is 1.72. The number of para-hydroxylation sites is 1. The molecule has 1 atom stereocenters. The van der Waals surface area contributed by atoms with E-state index in [-0.39, 0.29) is 5.91 Å². The first kappa shape index (κ1) is 15.4. The first-order valence-corrected chi connectivity index (χ1v) is 8.04. The number of aromatic nitrogens is 2. The second-order valence-electron chi connectivity index (χ2n) is 5.69. The lowest BCUT2D eigenvalue weighted by Gasteiger charge is -2.12. The van der Waals surface area contributed by atoms with Crippen LogP contribution in [-0.2, 0) is 4.79 Å². The van der Waals surface area contributed by atoms with E-state index < -0.39 is 5.92 Å². The minimum Gasteiger partial charge on any atom is -0.399 e. The number of nitrogens with two attached hydrogens (primary N) is 1. The molecule has 3 aromatic rings. The van der Waals surface area contributed by atoms with Crippen molar-refractivity contribution in [2.75, 3.05) is 16.4 Å². The summed E-state index contributed by atoms with van der Waals surface area (Å²) >= 11 is 6.28. The van der Waals surface area contributed by atoms with Crippen molar-refractivity contribution < 1.29 is 4.79 Å². The molecule has 1 amide bonds. The topological polar surface area (TPSA) is 92.9 Å². The number of carbonyl (C=O) groups is 1. The Kier molecular flexibility index (Phi) is 3.74. The maximum atomic E-state index is 12.4. The summed E-state index contributed by atoms with van der Waals surface area (Å²) in [5.41, 5.74) is 9.25. The molecular formula is C18H14ClN5O. The second-order valence-corrected chi connectivity index (χ2v) is 6.09. The van der Waals surface area contributed by atoms with Crippen LogP contribution in [0.5, 0.6) is 0 Å². The van der Waals surface area contributed by atoms with E-state index in [9.17, 15) is 4.79 Å². The van der Waals surface area contributed by atoms with E-state index in [0.717, 1.165) is 16.9 Å². The molecule has 2 heterocycles. The molecule has 0 fully saturated rings. The molecule has 0 bridgehead atoms. The van der Waals surface area contributed by atoms with Crippen molar-refractivity contribution in [1.82, 2.24) is 9.97 Å². The molecule has 4 N–H and O–H groups in total. The van der Waals surface area contributed by atoms with E-state index in [2.05, 4.69) is 20.6 Å². The Morgan fingerprint density at radius 3 is 2.84 bits per heavy atom. The second kappa shape index (κ2) is 6.07.